The third-order valence-electron chi connectivity index (χ3n) is 3.60. The van der Waals surface area contributed by atoms with Gasteiger partial charge in [0.1, 0.15) is 6.04 Å². The Bertz CT molecular complexity index is 186. The quantitative estimate of drug-likeness (QED) is 0.401. The summed E-state index contributed by atoms with van der Waals surface area (Å²) in [4.78, 5) is 0. The fraction of sp³-hybridized carbons (Fsp3) is 0.800. The lowest BCUT2D eigenvalue weighted by molar-refractivity contribution is -0.939. The number of hydrogen-bond acceptors (Lipinski definition) is 1. The smallest absolute Gasteiger partial charge is 0.107 e. The van der Waals surface area contributed by atoms with Crippen molar-refractivity contribution in [2.75, 3.05) is 14.1 Å². The Balaban J connectivity index is 0.000000720. The molecule has 2 bridgehead atoms. The molecule has 0 aromatic rings. The molecule has 0 spiro atoms. The molecule has 2 heterocycles. The normalized spacial score (nSPS) is 37.2. The minimum absolute atomic E-state index is 0. The van der Waals surface area contributed by atoms with Crippen molar-refractivity contribution in [3.8, 4) is 0 Å². The van der Waals surface area contributed by atoms with E-state index in [0.29, 0.717) is 0 Å². The van der Waals surface area contributed by atoms with Crippen LogP contribution in [0.4, 0.5) is 0 Å². The Kier molecular flexibility index (Phi) is 2.59. The van der Waals surface area contributed by atoms with Gasteiger partial charge in [0.15, 0.2) is 0 Å². The summed E-state index contributed by atoms with van der Waals surface area (Å²) in [6.45, 7) is 0. The molecule has 2 rings (SSSR count). The highest BCUT2D eigenvalue weighted by atomic mass is 16.0. The molecule has 2 nitrogen and oxygen atoms in total. The number of likely N-dealkylation sites (N-methyl/N-ethyl adjacent to an activating group) is 1. The fourth-order valence-corrected chi connectivity index (χ4v) is 2.60. The van der Waals surface area contributed by atoms with E-state index in [2.05, 4.69) is 26.2 Å². The van der Waals surface area contributed by atoms with Crippen molar-refractivity contribution < 1.29 is 9.96 Å². The highest BCUT2D eigenvalue weighted by Crippen LogP contribution is 2.33. The first-order valence-corrected chi connectivity index (χ1v) is 4.71. The minimum Gasteiger partial charge on any atom is -0.870 e. The van der Waals surface area contributed by atoms with Gasteiger partial charge in [0.25, 0.3) is 0 Å². The molecule has 2 atom stereocenters. The first kappa shape index (κ1) is 9.75. The number of piperidine rings is 1. The second kappa shape index (κ2) is 3.19. The predicted octanol–water partition coefficient (Wildman–Crippen LogP) is 1.77. The highest BCUT2D eigenvalue weighted by molar-refractivity contribution is 4.98. The summed E-state index contributed by atoms with van der Waals surface area (Å²) in [6, 6.07) is 1.74. The second-order valence-corrected chi connectivity index (χ2v) is 4.45. The van der Waals surface area contributed by atoms with Crippen LogP contribution in [0.1, 0.15) is 25.7 Å². The third-order valence-corrected chi connectivity index (χ3v) is 3.60. The molecule has 12 heavy (non-hydrogen) atoms. The summed E-state index contributed by atoms with van der Waals surface area (Å²) in [6.07, 6.45) is 10.4. The molecule has 1 fully saturated rings. The molecule has 1 saturated heterocycles. The summed E-state index contributed by atoms with van der Waals surface area (Å²) < 4.78 is 1.25. The van der Waals surface area contributed by atoms with Crippen molar-refractivity contribution in [2.45, 2.75) is 37.8 Å². The van der Waals surface area contributed by atoms with Crippen LogP contribution in [-0.2, 0) is 0 Å². The van der Waals surface area contributed by atoms with E-state index >= 15 is 0 Å². The molecule has 0 aromatic carbocycles. The first-order chi connectivity index (χ1) is 5.21. The topological polar surface area (TPSA) is 30.0 Å². The fourth-order valence-electron chi connectivity index (χ4n) is 2.60. The van der Waals surface area contributed by atoms with Crippen LogP contribution in [0.3, 0.4) is 0 Å². The Morgan fingerprint density at radius 3 is 2.58 bits per heavy atom. The van der Waals surface area contributed by atoms with E-state index in [1.807, 2.05) is 0 Å². The van der Waals surface area contributed by atoms with Gasteiger partial charge in [0, 0.05) is 12.8 Å². The molecular formula is C10H19NO. The van der Waals surface area contributed by atoms with Crippen molar-refractivity contribution >= 4 is 0 Å². The molecule has 0 amide bonds. The van der Waals surface area contributed by atoms with Gasteiger partial charge in [-0.25, -0.2) is 0 Å². The average Bonchev–Trinajstić information content (AvgIpc) is 1.82. The van der Waals surface area contributed by atoms with Crippen LogP contribution in [0.15, 0.2) is 12.2 Å². The second-order valence-electron chi connectivity index (χ2n) is 4.45. The largest absolute Gasteiger partial charge is 0.870 e. The van der Waals surface area contributed by atoms with Crippen LogP contribution >= 0.6 is 0 Å². The molecule has 2 unspecified atom stereocenters. The lowest BCUT2D eigenvalue weighted by Gasteiger charge is -2.48. The van der Waals surface area contributed by atoms with Gasteiger partial charge < -0.3 is 9.96 Å². The van der Waals surface area contributed by atoms with Crippen LogP contribution in [0, 0.1) is 0 Å². The van der Waals surface area contributed by atoms with Crippen LogP contribution in [0.2, 0.25) is 0 Å². The van der Waals surface area contributed by atoms with E-state index < -0.39 is 0 Å². The van der Waals surface area contributed by atoms with Crippen molar-refractivity contribution in [2.24, 2.45) is 0 Å². The van der Waals surface area contributed by atoms with Gasteiger partial charge in [0.05, 0.1) is 20.1 Å². The molecule has 70 valence electrons. The molecular weight excluding hydrogens is 150 g/mol. The van der Waals surface area contributed by atoms with Crippen molar-refractivity contribution in [3.63, 3.8) is 0 Å². The molecule has 1 N–H and O–H groups in total. The molecule has 0 saturated carbocycles. The summed E-state index contributed by atoms with van der Waals surface area (Å²) in [5.41, 5.74) is 0. The van der Waals surface area contributed by atoms with Gasteiger partial charge in [-0.2, -0.15) is 0 Å². The maximum absolute atomic E-state index is 2.43. The number of hydrogen-bond donors (Lipinski definition) is 0. The lowest BCUT2D eigenvalue weighted by atomic mass is 9.87. The number of fused-ring (bicyclic) bond motifs is 2. The highest BCUT2D eigenvalue weighted by Gasteiger charge is 2.39. The zero-order valence-corrected chi connectivity index (χ0v) is 8.03. The lowest BCUT2D eigenvalue weighted by Crippen LogP contribution is -2.58. The number of rotatable bonds is 0. The van der Waals surface area contributed by atoms with Crippen LogP contribution in [0.25, 0.3) is 0 Å². The van der Waals surface area contributed by atoms with E-state index in [9.17, 15) is 0 Å². The van der Waals surface area contributed by atoms with E-state index in [1.165, 1.54) is 30.2 Å². The van der Waals surface area contributed by atoms with Gasteiger partial charge in [-0.05, 0) is 18.9 Å². The molecule has 0 radical (unpaired) electrons. The number of nitrogens with zero attached hydrogens (tertiary/aromatic N) is 1. The Morgan fingerprint density at radius 2 is 2.00 bits per heavy atom. The number of quaternary nitrogens is 1. The zero-order chi connectivity index (χ0) is 7.90. The third kappa shape index (κ3) is 1.29. The van der Waals surface area contributed by atoms with E-state index in [1.54, 1.807) is 0 Å². The van der Waals surface area contributed by atoms with E-state index in [4.69, 9.17) is 0 Å². The predicted molar refractivity (Wildman–Crippen MR) is 49.2 cm³/mol. The van der Waals surface area contributed by atoms with Gasteiger partial charge >= 0.3 is 0 Å². The van der Waals surface area contributed by atoms with Crippen molar-refractivity contribution in [1.29, 1.82) is 0 Å². The molecule has 2 heteroatoms. The van der Waals surface area contributed by atoms with Crippen LogP contribution in [-0.4, -0.2) is 36.1 Å². The van der Waals surface area contributed by atoms with E-state index in [0.717, 1.165) is 12.1 Å². The van der Waals surface area contributed by atoms with Crippen LogP contribution < -0.4 is 0 Å². The standard InChI is InChI=1S/C10H18N.H2O/c1-11(2)9-5-3-6-10(11)8-4-7-9;/h3,5,9-10H,4,6-8H2,1-2H3;1H2/q+1;/p-1. The van der Waals surface area contributed by atoms with E-state index in [-0.39, 0.29) is 5.48 Å². The summed E-state index contributed by atoms with van der Waals surface area (Å²) in [5.74, 6) is 0. The summed E-state index contributed by atoms with van der Waals surface area (Å²) in [7, 11) is 4.77. The first-order valence-electron chi connectivity index (χ1n) is 4.71. The van der Waals surface area contributed by atoms with Gasteiger partial charge in [-0.15, -0.1) is 0 Å². The van der Waals surface area contributed by atoms with Crippen molar-refractivity contribution in [3.05, 3.63) is 12.2 Å². The molecule has 0 aromatic heterocycles. The van der Waals surface area contributed by atoms with Crippen molar-refractivity contribution in [1.82, 2.24) is 0 Å². The summed E-state index contributed by atoms with van der Waals surface area (Å²) >= 11 is 0. The molecule has 0 aliphatic carbocycles. The Labute approximate surface area is 74.8 Å². The Hall–Kier alpha value is -0.340. The summed E-state index contributed by atoms with van der Waals surface area (Å²) in [5, 5.41) is 0. The monoisotopic (exact) mass is 169 g/mol. The maximum Gasteiger partial charge on any atom is 0.107 e. The Morgan fingerprint density at radius 1 is 1.25 bits per heavy atom. The van der Waals surface area contributed by atoms with Gasteiger partial charge in [0.2, 0.25) is 0 Å². The van der Waals surface area contributed by atoms with Crippen LogP contribution in [0.5, 0.6) is 0 Å². The molecule has 2 aliphatic heterocycles. The SMILES string of the molecule is C[N+]1(C)C2C=CCC1CCC2.[OH-]. The molecule has 2 aliphatic rings. The van der Waals surface area contributed by atoms with Gasteiger partial charge in [-0.1, -0.05) is 6.08 Å². The zero-order valence-electron chi connectivity index (χ0n) is 8.03. The average molecular weight is 169 g/mol. The van der Waals surface area contributed by atoms with Gasteiger partial charge in [-0.3, -0.25) is 0 Å². The maximum atomic E-state index is 2.43. The minimum atomic E-state index is 0.